The van der Waals surface area contributed by atoms with E-state index in [4.69, 9.17) is 10.3 Å². The highest BCUT2D eigenvalue weighted by Gasteiger charge is 2.06. The van der Waals surface area contributed by atoms with Crippen LogP contribution in [0.3, 0.4) is 0 Å². The van der Waals surface area contributed by atoms with Gasteiger partial charge in [0.25, 0.3) is 0 Å². The molecule has 0 aliphatic carbocycles. The van der Waals surface area contributed by atoms with Gasteiger partial charge < -0.3 is 15.4 Å². The summed E-state index contributed by atoms with van der Waals surface area (Å²) in [4.78, 5) is 0. The molecule has 4 nitrogen and oxygen atoms in total. The van der Waals surface area contributed by atoms with E-state index in [9.17, 15) is 9.32 Å². The Morgan fingerprint density at radius 1 is 0.960 bits per heavy atom. The van der Waals surface area contributed by atoms with E-state index in [2.05, 4.69) is 6.92 Å². The van der Waals surface area contributed by atoms with Gasteiger partial charge in [-0.1, -0.05) is 82.4 Å². The van der Waals surface area contributed by atoms with Gasteiger partial charge in [0.1, 0.15) is 0 Å². The van der Waals surface area contributed by atoms with Crippen molar-refractivity contribution in [2.45, 2.75) is 84.2 Å². The SMILES string of the molecule is CCCCCCCCCCCC(O)CS(=O)O.Cc1ccc(N)cc1. The van der Waals surface area contributed by atoms with Crippen molar-refractivity contribution in [3.8, 4) is 0 Å². The number of nitrogen functional groups attached to an aromatic ring is 1. The summed E-state index contributed by atoms with van der Waals surface area (Å²) in [7, 11) is 0. The molecule has 1 aromatic rings. The molecule has 0 radical (unpaired) electrons. The normalized spacial score (nSPS) is 13.0. The zero-order chi connectivity index (χ0) is 18.9. The Balaban J connectivity index is 0.000000593. The van der Waals surface area contributed by atoms with E-state index in [1.54, 1.807) is 0 Å². The van der Waals surface area contributed by atoms with Crippen LogP contribution in [0.25, 0.3) is 0 Å². The van der Waals surface area contributed by atoms with E-state index < -0.39 is 17.2 Å². The molecular weight excluding hydrogens is 334 g/mol. The molecule has 0 saturated heterocycles. The molecule has 1 aromatic carbocycles. The van der Waals surface area contributed by atoms with Gasteiger partial charge in [-0.05, 0) is 25.5 Å². The van der Waals surface area contributed by atoms with Crippen LogP contribution in [0, 0.1) is 6.92 Å². The number of aryl methyl sites for hydroxylation is 1. The Kier molecular flexibility index (Phi) is 16.0. The second-order valence-corrected chi connectivity index (χ2v) is 7.65. The first-order chi connectivity index (χ1) is 12.0. The van der Waals surface area contributed by atoms with E-state index in [0.29, 0.717) is 6.42 Å². The van der Waals surface area contributed by atoms with Crippen molar-refractivity contribution in [2.75, 3.05) is 11.5 Å². The molecule has 0 aliphatic heterocycles. The Labute approximate surface area is 156 Å². The maximum atomic E-state index is 10.4. The lowest BCUT2D eigenvalue weighted by molar-refractivity contribution is 0.182. The number of aliphatic hydroxyl groups excluding tert-OH is 1. The molecule has 2 atom stereocenters. The highest BCUT2D eigenvalue weighted by molar-refractivity contribution is 7.79. The number of nitrogens with two attached hydrogens (primary N) is 1. The number of benzene rings is 1. The van der Waals surface area contributed by atoms with Gasteiger partial charge in [0.15, 0.2) is 11.1 Å². The minimum absolute atomic E-state index is 0.00296. The van der Waals surface area contributed by atoms with Gasteiger partial charge in [0.05, 0.1) is 11.9 Å². The lowest BCUT2D eigenvalue weighted by Gasteiger charge is -2.07. The van der Waals surface area contributed by atoms with E-state index in [0.717, 1.165) is 18.5 Å². The van der Waals surface area contributed by atoms with E-state index in [1.165, 1.54) is 50.5 Å². The van der Waals surface area contributed by atoms with Gasteiger partial charge in [-0.15, -0.1) is 0 Å². The lowest BCUT2D eigenvalue weighted by atomic mass is 10.1. The number of hydrogen-bond acceptors (Lipinski definition) is 3. The molecule has 1 rings (SSSR count). The van der Waals surface area contributed by atoms with Crippen molar-refractivity contribution >= 4 is 16.8 Å². The van der Waals surface area contributed by atoms with Crippen molar-refractivity contribution in [1.29, 1.82) is 0 Å². The van der Waals surface area contributed by atoms with Crippen LogP contribution >= 0.6 is 0 Å². The van der Waals surface area contributed by atoms with E-state index >= 15 is 0 Å². The van der Waals surface area contributed by atoms with Crippen LogP contribution in [0.15, 0.2) is 24.3 Å². The second-order valence-electron chi connectivity index (χ2n) is 6.67. The quantitative estimate of drug-likeness (QED) is 0.272. The molecule has 4 N–H and O–H groups in total. The lowest BCUT2D eigenvalue weighted by Crippen LogP contribution is -2.15. The third-order valence-corrected chi connectivity index (χ3v) is 4.72. The smallest absolute Gasteiger partial charge is 0.155 e. The second kappa shape index (κ2) is 16.6. The van der Waals surface area contributed by atoms with E-state index in [1.807, 2.05) is 31.2 Å². The molecule has 5 heteroatoms. The zero-order valence-electron chi connectivity index (χ0n) is 16.0. The maximum Gasteiger partial charge on any atom is 0.155 e. The van der Waals surface area contributed by atoms with Gasteiger partial charge >= 0.3 is 0 Å². The van der Waals surface area contributed by atoms with Crippen LogP contribution in [0.4, 0.5) is 5.69 Å². The van der Waals surface area contributed by atoms with Crippen LogP contribution in [0.2, 0.25) is 0 Å². The van der Waals surface area contributed by atoms with Gasteiger partial charge in [-0.25, -0.2) is 4.21 Å². The van der Waals surface area contributed by atoms with Crippen molar-refractivity contribution < 1.29 is 13.9 Å². The number of anilines is 1. The fourth-order valence-electron chi connectivity index (χ4n) is 2.50. The molecule has 0 aliphatic rings. The van der Waals surface area contributed by atoms with Crippen molar-refractivity contribution in [3.63, 3.8) is 0 Å². The summed E-state index contributed by atoms with van der Waals surface area (Å²) in [5.41, 5.74) is 7.51. The molecule has 25 heavy (non-hydrogen) atoms. The number of rotatable bonds is 12. The summed E-state index contributed by atoms with van der Waals surface area (Å²) in [6.45, 7) is 4.27. The molecular formula is C20H37NO3S. The average molecular weight is 372 g/mol. The Hall–Kier alpha value is -0.910. The molecule has 0 amide bonds. The molecule has 0 aromatic heterocycles. The first-order valence-electron chi connectivity index (χ1n) is 9.53. The summed E-state index contributed by atoms with van der Waals surface area (Å²) >= 11 is -1.86. The molecule has 0 heterocycles. The summed E-state index contributed by atoms with van der Waals surface area (Å²) in [6.07, 6.45) is 11.3. The monoisotopic (exact) mass is 371 g/mol. The molecule has 0 bridgehead atoms. The largest absolute Gasteiger partial charge is 0.399 e. The molecule has 2 unspecified atom stereocenters. The minimum atomic E-state index is -1.86. The average Bonchev–Trinajstić information content (AvgIpc) is 2.56. The number of hydrogen-bond donors (Lipinski definition) is 3. The van der Waals surface area contributed by atoms with Crippen LogP contribution in [0.1, 0.15) is 76.7 Å². The van der Waals surface area contributed by atoms with Crippen LogP contribution in [-0.4, -0.2) is 25.7 Å². The summed E-state index contributed by atoms with van der Waals surface area (Å²) in [5.74, 6) is -0.00296. The van der Waals surface area contributed by atoms with Gasteiger partial charge in [-0.3, -0.25) is 0 Å². The van der Waals surface area contributed by atoms with Crippen LogP contribution in [0.5, 0.6) is 0 Å². The number of unbranched alkanes of at least 4 members (excludes halogenated alkanes) is 8. The van der Waals surface area contributed by atoms with E-state index in [-0.39, 0.29) is 5.75 Å². The Bertz CT molecular complexity index is 416. The highest BCUT2D eigenvalue weighted by atomic mass is 32.2. The minimum Gasteiger partial charge on any atom is -0.399 e. The molecule has 146 valence electrons. The van der Waals surface area contributed by atoms with Crippen LogP contribution in [-0.2, 0) is 11.1 Å². The topological polar surface area (TPSA) is 83.5 Å². The molecule has 0 spiro atoms. The van der Waals surface area contributed by atoms with Crippen molar-refractivity contribution in [1.82, 2.24) is 0 Å². The predicted octanol–water partition coefficient (Wildman–Crippen LogP) is 5.07. The van der Waals surface area contributed by atoms with Gasteiger partial charge in [0, 0.05) is 5.69 Å². The first-order valence-corrected chi connectivity index (χ1v) is 10.8. The highest BCUT2D eigenvalue weighted by Crippen LogP contribution is 2.11. The molecule has 0 saturated carbocycles. The van der Waals surface area contributed by atoms with Crippen LogP contribution < -0.4 is 5.73 Å². The molecule has 0 fully saturated rings. The zero-order valence-corrected chi connectivity index (χ0v) is 16.8. The number of aliphatic hydroxyl groups is 1. The third kappa shape index (κ3) is 17.7. The van der Waals surface area contributed by atoms with Gasteiger partial charge in [-0.2, -0.15) is 0 Å². The van der Waals surface area contributed by atoms with Crippen molar-refractivity contribution in [2.24, 2.45) is 0 Å². The summed E-state index contributed by atoms with van der Waals surface area (Å²) < 4.78 is 19.0. The third-order valence-electron chi connectivity index (χ3n) is 4.05. The predicted molar refractivity (Wildman–Crippen MR) is 109 cm³/mol. The Morgan fingerprint density at radius 2 is 1.44 bits per heavy atom. The standard InChI is InChI=1S/C13H28O3S.C7H9N/c1-2-3-4-5-6-7-8-9-10-11-13(14)12-17(15)16;1-6-2-4-7(8)5-3-6/h13-14H,2-12H2,1H3,(H,15,16);2-5H,8H2,1H3. The Morgan fingerprint density at radius 3 is 1.88 bits per heavy atom. The van der Waals surface area contributed by atoms with Crippen molar-refractivity contribution in [3.05, 3.63) is 29.8 Å². The summed E-state index contributed by atoms with van der Waals surface area (Å²) in [6, 6.07) is 7.79. The first kappa shape index (κ1) is 24.1. The maximum absolute atomic E-state index is 10.4. The fraction of sp³-hybridized carbons (Fsp3) is 0.700. The van der Waals surface area contributed by atoms with Gasteiger partial charge in [0.2, 0.25) is 0 Å². The fourth-order valence-corrected chi connectivity index (χ4v) is 3.00. The summed E-state index contributed by atoms with van der Waals surface area (Å²) in [5, 5.41) is 9.37.